The fourth-order valence-electron chi connectivity index (χ4n) is 0.979. The maximum absolute atomic E-state index is 3.34. The molecule has 1 N–H and O–H groups in total. The van der Waals surface area contributed by atoms with Gasteiger partial charge in [-0.05, 0) is 18.6 Å². The van der Waals surface area contributed by atoms with Gasteiger partial charge in [0, 0.05) is 33.5 Å². The molecule has 0 saturated heterocycles. The summed E-state index contributed by atoms with van der Waals surface area (Å²) in [6.45, 7) is 8.26. The lowest BCUT2D eigenvalue weighted by molar-refractivity contribution is 0.498. The molecule has 1 aliphatic rings. The van der Waals surface area contributed by atoms with Gasteiger partial charge < -0.3 is 10.2 Å². The molecule has 0 aliphatic carbocycles. The molecule has 1 heterocycles. The molecule has 1 aliphatic heterocycles. The summed E-state index contributed by atoms with van der Waals surface area (Å²) in [5.74, 6) is 0. The molecule has 0 bridgehead atoms. The van der Waals surface area contributed by atoms with Gasteiger partial charge in [0.2, 0.25) is 0 Å². The predicted molar refractivity (Wildman–Crippen MR) is 68.3 cm³/mol. The molecule has 0 unspecified atom stereocenters. The van der Waals surface area contributed by atoms with Gasteiger partial charge in [0.1, 0.15) is 0 Å². The highest BCUT2D eigenvalue weighted by Gasteiger charge is 1.97. The maximum atomic E-state index is 3.34. The van der Waals surface area contributed by atoms with E-state index in [4.69, 9.17) is 0 Å². The van der Waals surface area contributed by atoms with Crippen LogP contribution in [0, 0.1) is 0 Å². The van der Waals surface area contributed by atoms with Crippen molar-refractivity contribution in [3.8, 4) is 0 Å². The number of rotatable bonds is 3. The average Bonchev–Trinajstić information content (AvgIpc) is 2.20. The molecule has 0 radical (unpaired) electrons. The highest BCUT2D eigenvalue weighted by molar-refractivity contribution is 5.20. The van der Waals surface area contributed by atoms with E-state index < -0.39 is 0 Å². The first-order chi connectivity index (χ1) is 6.33. The number of allylic oxidation sites excluding steroid dienone is 1. The molecule has 0 aromatic heterocycles. The summed E-state index contributed by atoms with van der Waals surface area (Å²) in [6.07, 6.45) is 7.59. The lowest BCUT2D eigenvalue weighted by Crippen LogP contribution is -2.20. The van der Waals surface area contributed by atoms with E-state index in [1.54, 1.807) is 0 Å². The van der Waals surface area contributed by atoms with Gasteiger partial charge in [-0.3, -0.25) is 0 Å². The molecule has 86 valence electrons. The Balaban J connectivity index is -0.000000339. The van der Waals surface area contributed by atoms with Crippen LogP contribution in [0.5, 0.6) is 0 Å². The normalized spacial score (nSPS) is 13.4. The van der Waals surface area contributed by atoms with Crippen LogP contribution in [0.1, 0.15) is 36.0 Å². The van der Waals surface area contributed by atoms with Gasteiger partial charge in [-0.2, -0.15) is 0 Å². The fourth-order valence-corrected chi connectivity index (χ4v) is 0.979. The second-order valence-electron chi connectivity index (χ2n) is 2.84. The molecular weight excluding hydrogens is 172 g/mol. The summed E-state index contributed by atoms with van der Waals surface area (Å²) >= 11 is 0. The summed E-state index contributed by atoms with van der Waals surface area (Å²) in [4.78, 5) is 2.15. The Kier molecular flexibility index (Phi) is 11.3. The monoisotopic (exact) mass is 200 g/mol. The Morgan fingerprint density at radius 3 is 2.57 bits per heavy atom. The predicted octanol–water partition coefficient (Wildman–Crippen LogP) is 3.24. The van der Waals surface area contributed by atoms with Crippen LogP contribution < -0.4 is 5.32 Å². The van der Waals surface area contributed by atoms with E-state index >= 15 is 0 Å². The van der Waals surface area contributed by atoms with Crippen LogP contribution in [0.2, 0.25) is 0 Å². The zero-order chi connectivity index (χ0) is 10.1. The Morgan fingerprint density at radius 2 is 2.14 bits per heavy atom. The van der Waals surface area contributed by atoms with Gasteiger partial charge in [-0.25, -0.2) is 0 Å². The highest BCUT2D eigenvalue weighted by atomic mass is 15.1. The number of hydrogen-bond acceptors (Lipinski definition) is 2. The summed E-state index contributed by atoms with van der Waals surface area (Å²) in [5.41, 5.74) is 1.25. The smallest absolute Gasteiger partial charge is 0.0373 e. The molecule has 2 heteroatoms. The second kappa shape index (κ2) is 10.2. The number of nitrogens with zero attached hydrogens (tertiary/aromatic N) is 1. The molecule has 14 heavy (non-hydrogen) atoms. The SMILES string of the molecule is C.CC.CCCNC1=CCN(C)C=C1.[HH]. The van der Waals surface area contributed by atoms with Crippen LogP contribution >= 0.6 is 0 Å². The number of hydrogen-bond donors (Lipinski definition) is 1. The van der Waals surface area contributed by atoms with Crippen LogP contribution in [-0.4, -0.2) is 25.0 Å². The lowest BCUT2D eigenvalue weighted by Gasteiger charge is -2.17. The van der Waals surface area contributed by atoms with E-state index in [9.17, 15) is 0 Å². The van der Waals surface area contributed by atoms with Crippen LogP contribution in [0.25, 0.3) is 0 Å². The molecule has 0 saturated carbocycles. The van der Waals surface area contributed by atoms with E-state index in [0.717, 1.165) is 13.1 Å². The van der Waals surface area contributed by atoms with Crippen molar-refractivity contribution in [3.63, 3.8) is 0 Å². The van der Waals surface area contributed by atoms with Gasteiger partial charge in [0.05, 0.1) is 0 Å². The van der Waals surface area contributed by atoms with Gasteiger partial charge in [0.25, 0.3) is 0 Å². The van der Waals surface area contributed by atoms with Crippen molar-refractivity contribution in [2.75, 3.05) is 20.1 Å². The van der Waals surface area contributed by atoms with Crippen molar-refractivity contribution in [3.05, 3.63) is 24.0 Å². The summed E-state index contributed by atoms with van der Waals surface area (Å²) in [7, 11) is 2.07. The minimum Gasteiger partial charge on any atom is -0.385 e. The van der Waals surface area contributed by atoms with Crippen molar-refractivity contribution < 1.29 is 1.43 Å². The zero-order valence-electron chi connectivity index (χ0n) is 9.30. The molecule has 0 fully saturated rings. The summed E-state index contributed by atoms with van der Waals surface area (Å²) < 4.78 is 0. The molecule has 0 spiro atoms. The summed E-state index contributed by atoms with van der Waals surface area (Å²) in [6, 6.07) is 0. The van der Waals surface area contributed by atoms with Crippen LogP contribution in [0.4, 0.5) is 0 Å². The number of likely N-dealkylation sites (N-methyl/N-ethyl adjacent to an activating group) is 1. The van der Waals surface area contributed by atoms with Crippen LogP contribution in [-0.2, 0) is 0 Å². The van der Waals surface area contributed by atoms with Gasteiger partial charge in [-0.15, -0.1) is 0 Å². The second-order valence-corrected chi connectivity index (χ2v) is 2.84. The Labute approximate surface area is 91.2 Å². The third kappa shape index (κ3) is 6.58. The highest BCUT2D eigenvalue weighted by Crippen LogP contribution is 2.01. The maximum Gasteiger partial charge on any atom is 0.0373 e. The first kappa shape index (κ1) is 15.5. The van der Waals surface area contributed by atoms with E-state index in [2.05, 4.69) is 42.5 Å². The van der Waals surface area contributed by atoms with Crippen molar-refractivity contribution in [2.45, 2.75) is 34.6 Å². The molecular formula is C12H28N2. The zero-order valence-corrected chi connectivity index (χ0v) is 9.30. The summed E-state index contributed by atoms with van der Waals surface area (Å²) in [5, 5.41) is 3.34. The minimum atomic E-state index is 0. The standard InChI is InChI=1S/C9H16N2.C2H6.CH4.H2/c1-3-6-10-9-4-7-11(2)8-5-9;1-2;;/h4-5,7,10H,3,6,8H2,1-2H3;1-2H3;1H4;1H. The largest absolute Gasteiger partial charge is 0.385 e. The molecule has 0 atom stereocenters. The van der Waals surface area contributed by atoms with Gasteiger partial charge in [0.15, 0.2) is 0 Å². The topological polar surface area (TPSA) is 15.3 Å². The first-order valence-electron chi connectivity index (χ1n) is 5.15. The third-order valence-corrected chi connectivity index (χ3v) is 1.69. The molecule has 0 aromatic rings. The van der Waals surface area contributed by atoms with E-state index in [0.29, 0.717) is 0 Å². The molecule has 0 amide bonds. The van der Waals surface area contributed by atoms with Crippen molar-refractivity contribution >= 4 is 0 Å². The number of nitrogens with one attached hydrogen (secondary N) is 1. The minimum absolute atomic E-state index is 0. The first-order valence-corrected chi connectivity index (χ1v) is 5.15. The van der Waals surface area contributed by atoms with E-state index in [-0.39, 0.29) is 8.85 Å². The molecule has 0 aromatic carbocycles. The quantitative estimate of drug-likeness (QED) is 0.752. The van der Waals surface area contributed by atoms with E-state index in [1.165, 1.54) is 12.1 Å². The molecule has 2 nitrogen and oxygen atoms in total. The van der Waals surface area contributed by atoms with Crippen LogP contribution in [0.15, 0.2) is 24.0 Å². The van der Waals surface area contributed by atoms with Crippen LogP contribution in [0.3, 0.4) is 0 Å². The van der Waals surface area contributed by atoms with Gasteiger partial charge in [-0.1, -0.05) is 28.2 Å². The van der Waals surface area contributed by atoms with Gasteiger partial charge >= 0.3 is 0 Å². The van der Waals surface area contributed by atoms with Crippen molar-refractivity contribution in [2.24, 2.45) is 0 Å². The van der Waals surface area contributed by atoms with Crippen molar-refractivity contribution in [1.29, 1.82) is 0 Å². The molecule has 1 rings (SSSR count). The Bertz CT molecular complexity index is 176. The lowest BCUT2D eigenvalue weighted by atomic mass is 10.3. The Morgan fingerprint density at radius 1 is 1.50 bits per heavy atom. The fraction of sp³-hybridized carbons (Fsp3) is 0.667. The van der Waals surface area contributed by atoms with E-state index in [1.807, 2.05) is 13.8 Å². The Hall–Kier alpha value is -0.920. The third-order valence-electron chi connectivity index (χ3n) is 1.69. The average molecular weight is 200 g/mol. The van der Waals surface area contributed by atoms with Crippen molar-refractivity contribution in [1.82, 2.24) is 10.2 Å².